The molecule has 5 aromatic rings. The van der Waals surface area contributed by atoms with Gasteiger partial charge in [-0.2, -0.15) is 0 Å². The molecule has 7 heteroatoms. The second kappa shape index (κ2) is 6.37. The minimum Gasteiger partial charge on any atom is -0.350 e. The van der Waals surface area contributed by atoms with Gasteiger partial charge >= 0.3 is 0 Å². The molecule has 0 aliphatic rings. The predicted molar refractivity (Wildman–Crippen MR) is 106 cm³/mol. The zero-order chi connectivity index (χ0) is 18.2. The van der Waals surface area contributed by atoms with Crippen LogP contribution < -0.4 is 0 Å². The van der Waals surface area contributed by atoms with Crippen molar-refractivity contribution in [2.24, 2.45) is 7.05 Å². The lowest BCUT2D eigenvalue weighted by molar-refractivity contribution is 0.968. The van der Waals surface area contributed by atoms with Gasteiger partial charge in [0, 0.05) is 55.2 Å². The van der Waals surface area contributed by atoms with Crippen LogP contribution in [0.1, 0.15) is 0 Å². The second-order valence-corrected chi connectivity index (χ2v) is 7.09. The molecule has 0 saturated heterocycles. The number of nitrogens with zero attached hydrogens (tertiary/aromatic N) is 6. The van der Waals surface area contributed by atoms with Gasteiger partial charge in [-0.15, -0.1) is 11.3 Å². The molecule has 5 rings (SSSR count). The summed E-state index contributed by atoms with van der Waals surface area (Å²) in [4.78, 5) is 23.4. The Morgan fingerprint density at radius 2 is 1.85 bits per heavy atom. The maximum absolute atomic E-state index is 4.88. The first-order chi connectivity index (χ1) is 13.3. The van der Waals surface area contributed by atoms with Crippen LogP contribution in [0.15, 0.2) is 67.5 Å². The topological polar surface area (TPSA) is 69.4 Å². The zero-order valence-corrected chi connectivity index (χ0v) is 15.3. The Labute approximate surface area is 159 Å². The highest BCUT2D eigenvalue weighted by atomic mass is 32.1. The quantitative estimate of drug-likeness (QED) is 0.476. The van der Waals surface area contributed by atoms with Gasteiger partial charge in [0.1, 0.15) is 10.7 Å². The first kappa shape index (κ1) is 15.8. The van der Waals surface area contributed by atoms with Crippen LogP contribution in [0, 0.1) is 0 Å². The molecule has 0 radical (unpaired) electrons. The Morgan fingerprint density at radius 3 is 2.67 bits per heavy atom. The first-order valence-electron chi connectivity index (χ1n) is 8.40. The molecule has 6 nitrogen and oxygen atoms in total. The highest BCUT2D eigenvalue weighted by Crippen LogP contribution is 2.34. The van der Waals surface area contributed by atoms with Crippen LogP contribution in [0.4, 0.5) is 0 Å². The SMILES string of the molecule is Cn1ccc2c(-c3ncccn3)nc(-c3cnc(-c4cccnc4)s3)cc21. The van der Waals surface area contributed by atoms with Crippen molar-refractivity contribution in [1.82, 2.24) is 29.5 Å². The minimum atomic E-state index is 0.618. The normalized spacial score (nSPS) is 11.1. The molecule has 0 unspecified atom stereocenters. The largest absolute Gasteiger partial charge is 0.350 e. The summed E-state index contributed by atoms with van der Waals surface area (Å²) < 4.78 is 2.08. The fraction of sp³-hybridized carbons (Fsp3) is 0.0500. The van der Waals surface area contributed by atoms with E-state index in [-0.39, 0.29) is 0 Å². The van der Waals surface area contributed by atoms with Crippen LogP contribution in [0.2, 0.25) is 0 Å². The maximum Gasteiger partial charge on any atom is 0.178 e. The van der Waals surface area contributed by atoms with Gasteiger partial charge in [0.25, 0.3) is 0 Å². The van der Waals surface area contributed by atoms with E-state index in [9.17, 15) is 0 Å². The Morgan fingerprint density at radius 1 is 0.963 bits per heavy atom. The summed E-state index contributed by atoms with van der Waals surface area (Å²) >= 11 is 1.60. The van der Waals surface area contributed by atoms with Gasteiger partial charge < -0.3 is 4.57 Å². The number of thiazole rings is 1. The van der Waals surface area contributed by atoms with Crippen LogP contribution in [0.5, 0.6) is 0 Å². The van der Waals surface area contributed by atoms with Gasteiger partial charge in [-0.05, 0) is 30.3 Å². The number of rotatable bonds is 3. The van der Waals surface area contributed by atoms with E-state index in [2.05, 4.69) is 30.6 Å². The van der Waals surface area contributed by atoms with E-state index in [4.69, 9.17) is 4.98 Å². The Bertz CT molecular complexity index is 1230. The van der Waals surface area contributed by atoms with Crippen molar-refractivity contribution in [1.29, 1.82) is 0 Å². The van der Waals surface area contributed by atoms with E-state index in [1.54, 1.807) is 36.0 Å². The standard InChI is InChI=1S/C20H14N6S/c1-26-9-5-14-16(26)10-15(25-18(14)19-22-7-3-8-23-19)17-12-24-20(27-17)13-4-2-6-21-11-13/h2-12H,1H3. The molecule has 0 atom stereocenters. The number of hydrogen-bond donors (Lipinski definition) is 0. The summed E-state index contributed by atoms with van der Waals surface area (Å²) in [6.45, 7) is 0. The van der Waals surface area contributed by atoms with Crippen molar-refractivity contribution in [2.75, 3.05) is 0 Å². The van der Waals surface area contributed by atoms with Crippen LogP contribution in [0.3, 0.4) is 0 Å². The van der Waals surface area contributed by atoms with E-state index in [0.717, 1.165) is 37.7 Å². The number of aromatic nitrogens is 6. The number of aryl methyl sites for hydroxylation is 1. The number of pyridine rings is 2. The molecule has 0 aromatic carbocycles. The molecule has 0 fully saturated rings. The molecule has 0 amide bonds. The lowest BCUT2D eigenvalue weighted by Crippen LogP contribution is -1.94. The minimum absolute atomic E-state index is 0.618. The van der Waals surface area contributed by atoms with Crippen LogP contribution >= 0.6 is 11.3 Å². The molecular weight excluding hydrogens is 356 g/mol. The summed E-state index contributed by atoms with van der Waals surface area (Å²) in [5.74, 6) is 0.618. The summed E-state index contributed by atoms with van der Waals surface area (Å²) in [7, 11) is 2.02. The van der Waals surface area contributed by atoms with Gasteiger partial charge in [0.2, 0.25) is 0 Å². The smallest absolute Gasteiger partial charge is 0.178 e. The van der Waals surface area contributed by atoms with Gasteiger partial charge in [-0.3, -0.25) is 4.98 Å². The summed E-state index contributed by atoms with van der Waals surface area (Å²) in [6, 6.07) is 9.86. The summed E-state index contributed by atoms with van der Waals surface area (Å²) in [5, 5.41) is 1.95. The van der Waals surface area contributed by atoms with E-state index >= 15 is 0 Å². The van der Waals surface area contributed by atoms with Crippen LogP contribution in [-0.4, -0.2) is 29.5 Å². The highest BCUT2D eigenvalue weighted by Gasteiger charge is 2.15. The van der Waals surface area contributed by atoms with E-state index in [0.29, 0.717) is 5.82 Å². The molecule has 0 N–H and O–H groups in total. The average Bonchev–Trinajstić information content (AvgIpc) is 3.36. The highest BCUT2D eigenvalue weighted by molar-refractivity contribution is 7.18. The van der Waals surface area contributed by atoms with Crippen LogP contribution in [-0.2, 0) is 7.05 Å². The third kappa shape index (κ3) is 2.78. The fourth-order valence-corrected chi connectivity index (χ4v) is 3.86. The molecule has 0 aliphatic carbocycles. The third-order valence-electron chi connectivity index (χ3n) is 4.33. The zero-order valence-electron chi connectivity index (χ0n) is 14.4. The molecular formula is C20H14N6S. The average molecular weight is 370 g/mol. The van der Waals surface area contributed by atoms with Gasteiger partial charge in [-0.1, -0.05) is 0 Å². The predicted octanol–water partition coefficient (Wildman–Crippen LogP) is 4.22. The van der Waals surface area contributed by atoms with E-state index in [1.807, 2.05) is 43.8 Å². The van der Waals surface area contributed by atoms with Crippen molar-refractivity contribution in [3.63, 3.8) is 0 Å². The van der Waals surface area contributed by atoms with Crippen LogP contribution in [0.25, 0.3) is 43.6 Å². The third-order valence-corrected chi connectivity index (χ3v) is 5.39. The number of fused-ring (bicyclic) bond motifs is 1. The monoisotopic (exact) mass is 370 g/mol. The van der Waals surface area contributed by atoms with E-state index in [1.165, 1.54) is 0 Å². The molecule has 0 saturated carbocycles. The fourth-order valence-electron chi connectivity index (χ4n) is 3.00. The molecule has 130 valence electrons. The first-order valence-corrected chi connectivity index (χ1v) is 9.21. The summed E-state index contributed by atoms with van der Waals surface area (Å²) in [6.07, 6.45) is 10.9. The van der Waals surface area contributed by atoms with Crippen molar-refractivity contribution in [2.45, 2.75) is 0 Å². The molecule has 0 aliphatic heterocycles. The Kier molecular flexibility index (Phi) is 3.72. The summed E-state index contributed by atoms with van der Waals surface area (Å²) in [5.41, 5.74) is 3.72. The van der Waals surface area contributed by atoms with Crippen molar-refractivity contribution >= 4 is 22.2 Å². The Hall–Kier alpha value is -3.45. The van der Waals surface area contributed by atoms with Crippen molar-refractivity contribution in [3.8, 4) is 32.7 Å². The van der Waals surface area contributed by atoms with Crippen molar-refractivity contribution < 1.29 is 0 Å². The molecule has 0 spiro atoms. The molecule has 5 aromatic heterocycles. The molecule has 5 heterocycles. The van der Waals surface area contributed by atoms with Crippen molar-refractivity contribution in [3.05, 3.63) is 67.5 Å². The lowest BCUT2D eigenvalue weighted by Gasteiger charge is -2.06. The lowest BCUT2D eigenvalue weighted by atomic mass is 10.2. The molecule has 0 bridgehead atoms. The van der Waals surface area contributed by atoms with Gasteiger partial charge in [-0.25, -0.2) is 19.9 Å². The van der Waals surface area contributed by atoms with E-state index < -0.39 is 0 Å². The maximum atomic E-state index is 4.88. The van der Waals surface area contributed by atoms with Gasteiger partial charge in [0.05, 0.1) is 16.1 Å². The molecule has 27 heavy (non-hydrogen) atoms. The second-order valence-electron chi connectivity index (χ2n) is 6.06. The number of hydrogen-bond acceptors (Lipinski definition) is 6. The van der Waals surface area contributed by atoms with Gasteiger partial charge in [0.15, 0.2) is 5.82 Å². The Balaban J connectivity index is 1.68.